The Hall–Kier alpha value is -2.65. The molecule has 9 heteroatoms. The lowest BCUT2D eigenvalue weighted by Crippen LogP contribution is -2.56. The SMILES string of the molecule is COCCOc1ccc(CC2C(=O)NC(=O)NC2=O)cc1OCCOC. The van der Waals surface area contributed by atoms with Crippen molar-refractivity contribution < 1.29 is 33.3 Å². The van der Waals surface area contributed by atoms with E-state index in [1.54, 1.807) is 32.4 Å². The number of nitrogens with one attached hydrogen (secondary N) is 2. The van der Waals surface area contributed by atoms with Gasteiger partial charge >= 0.3 is 6.03 Å². The van der Waals surface area contributed by atoms with Gasteiger partial charge in [-0.25, -0.2) is 4.79 Å². The molecule has 142 valence electrons. The second-order valence-corrected chi connectivity index (χ2v) is 5.53. The quantitative estimate of drug-likeness (QED) is 0.451. The van der Waals surface area contributed by atoms with Gasteiger partial charge in [-0.15, -0.1) is 0 Å². The van der Waals surface area contributed by atoms with Crippen molar-refractivity contribution in [2.24, 2.45) is 5.92 Å². The van der Waals surface area contributed by atoms with Gasteiger partial charge < -0.3 is 18.9 Å². The van der Waals surface area contributed by atoms with Crippen LogP contribution in [0.3, 0.4) is 0 Å². The summed E-state index contributed by atoms with van der Waals surface area (Å²) in [5, 5.41) is 4.17. The molecule has 2 rings (SSSR count). The van der Waals surface area contributed by atoms with E-state index in [1.807, 2.05) is 0 Å². The lowest BCUT2D eigenvalue weighted by molar-refractivity contribution is -0.135. The normalized spacial score (nSPS) is 14.8. The first-order valence-corrected chi connectivity index (χ1v) is 8.07. The van der Waals surface area contributed by atoms with Crippen LogP contribution in [0.2, 0.25) is 0 Å². The first-order valence-electron chi connectivity index (χ1n) is 8.07. The van der Waals surface area contributed by atoms with E-state index >= 15 is 0 Å². The van der Waals surface area contributed by atoms with Crippen molar-refractivity contribution in [3.05, 3.63) is 23.8 Å². The standard InChI is InChI=1S/C17H22N2O7/c1-23-5-7-25-13-4-3-11(10-14(13)26-8-6-24-2)9-12-15(20)18-17(22)19-16(12)21/h3-4,10,12H,5-9H2,1-2H3,(H2,18,19,20,21,22). The smallest absolute Gasteiger partial charge is 0.328 e. The molecule has 0 aromatic heterocycles. The van der Waals surface area contributed by atoms with E-state index in [1.165, 1.54) is 0 Å². The van der Waals surface area contributed by atoms with Gasteiger partial charge in [-0.1, -0.05) is 6.07 Å². The number of methoxy groups -OCH3 is 2. The van der Waals surface area contributed by atoms with Crippen molar-refractivity contribution in [1.29, 1.82) is 0 Å². The summed E-state index contributed by atoms with van der Waals surface area (Å²) in [6.45, 7) is 1.50. The van der Waals surface area contributed by atoms with Gasteiger partial charge in [0.05, 0.1) is 13.2 Å². The van der Waals surface area contributed by atoms with Crippen LogP contribution >= 0.6 is 0 Å². The van der Waals surface area contributed by atoms with E-state index in [4.69, 9.17) is 18.9 Å². The number of hydrogen-bond acceptors (Lipinski definition) is 7. The molecular weight excluding hydrogens is 344 g/mol. The molecule has 26 heavy (non-hydrogen) atoms. The highest BCUT2D eigenvalue weighted by Crippen LogP contribution is 2.29. The molecule has 0 unspecified atom stereocenters. The Labute approximate surface area is 150 Å². The molecule has 1 saturated heterocycles. The fourth-order valence-corrected chi connectivity index (χ4v) is 2.35. The molecule has 4 amide bonds. The van der Waals surface area contributed by atoms with Gasteiger partial charge in [-0.2, -0.15) is 0 Å². The van der Waals surface area contributed by atoms with E-state index in [0.29, 0.717) is 43.5 Å². The zero-order valence-electron chi connectivity index (χ0n) is 14.7. The van der Waals surface area contributed by atoms with Gasteiger partial charge in [0.2, 0.25) is 11.8 Å². The fraction of sp³-hybridized carbons (Fsp3) is 0.471. The number of rotatable bonds is 10. The van der Waals surface area contributed by atoms with Crippen molar-refractivity contribution >= 4 is 17.8 Å². The van der Waals surface area contributed by atoms with Gasteiger partial charge in [0.15, 0.2) is 11.5 Å². The fourth-order valence-electron chi connectivity index (χ4n) is 2.35. The largest absolute Gasteiger partial charge is 0.487 e. The predicted molar refractivity (Wildman–Crippen MR) is 90.1 cm³/mol. The maximum absolute atomic E-state index is 11.9. The monoisotopic (exact) mass is 366 g/mol. The highest BCUT2D eigenvalue weighted by Gasteiger charge is 2.34. The van der Waals surface area contributed by atoms with Crippen molar-refractivity contribution in [1.82, 2.24) is 10.6 Å². The third-order valence-electron chi connectivity index (χ3n) is 3.64. The third kappa shape index (κ3) is 5.43. The third-order valence-corrected chi connectivity index (χ3v) is 3.64. The van der Waals surface area contributed by atoms with E-state index in [9.17, 15) is 14.4 Å². The highest BCUT2D eigenvalue weighted by atomic mass is 16.5. The number of carbonyl (C=O) groups is 3. The summed E-state index contributed by atoms with van der Waals surface area (Å²) in [5.74, 6) is -1.24. The summed E-state index contributed by atoms with van der Waals surface area (Å²) in [6, 6.07) is 4.34. The van der Waals surface area contributed by atoms with Gasteiger partial charge in [0.1, 0.15) is 19.1 Å². The number of ether oxygens (including phenoxy) is 4. The number of hydrogen-bond donors (Lipinski definition) is 2. The lowest BCUT2D eigenvalue weighted by atomic mass is 9.96. The number of carbonyl (C=O) groups excluding carboxylic acids is 3. The number of imide groups is 2. The van der Waals surface area contributed by atoms with Crippen LogP contribution in [0.1, 0.15) is 5.56 Å². The lowest BCUT2D eigenvalue weighted by Gasteiger charge is -2.21. The molecule has 0 spiro atoms. The number of benzene rings is 1. The Kier molecular flexibility index (Phi) is 7.37. The van der Waals surface area contributed by atoms with E-state index < -0.39 is 23.8 Å². The molecule has 1 heterocycles. The Bertz CT molecular complexity index is 643. The second-order valence-electron chi connectivity index (χ2n) is 5.53. The van der Waals surface area contributed by atoms with Gasteiger partial charge in [-0.05, 0) is 24.1 Å². The van der Waals surface area contributed by atoms with E-state index in [0.717, 1.165) is 0 Å². The molecule has 0 saturated carbocycles. The van der Waals surface area contributed by atoms with Crippen LogP contribution in [0.5, 0.6) is 11.5 Å². The average molecular weight is 366 g/mol. The predicted octanol–water partition coefficient (Wildman–Crippen LogP) is 0.262. The van der Waals surface area contributed by atoms with Crippen molar-refractivity contribution in [2.75, 3.05) is 40.6 Å². The zero-order chi connectivity index (χ0) is 18.9. The molecule has 0 aliphatic carbocycles. The molecular formula is C17H22N2O7. The van der Waals surface area contributed by atoms with Crippen molar-refractivity contribution in [3.8, 4) is 11.5 Å². The molecule has 0 atom stereocenters. The van der Waals surface area contributed by atoms with Crippen LogP contribution < -0.4 is 20.1 Å². The van der Waals surface area contributed by atoms with E-state index in [2.05, 4.69) is 10.6 Å². The Morgan fingerprint density at radius 1 is 0.846 bits per heavy atom. The summed E-state index contributed by atoms with van der Waals surface area (Å²) >= 11 is 0. The molecule has 1 aliphatic heterocycles. The van der Waals surface area contributed by atoms with Crippen LogP contribution in [-0.2, 0) is 25.5 Å². The summed E-state index contributed by atoms with van der Waals surface area (Å²) in [4.78, 5) is 34.9. The number of urea groups is 1. The second kappa shape index (κ2) is 9.73. The molecule has 9 nitrogen and oxygen atoms in total. The summed E-state index contributed by atoms with van der Waals surface area (Å²) in [6.07, 6.45) is 0.129. The maximum atomic E-state index is 11.9. The first-order chi connectivity index (χ1) is 12.5. The summed E-state index contributed by atoms with van der Waals surface area (Å²) in [5.41, 5.74) is 0.696. The summed E-state index contributed by atoms with van der Waals surface area (Å²) < 4.78 is 21.2. The molecule has 2 N–H and O–H groups in total. The maximum Gasteiger partial charge on any atom is 0.328 e. The highest BCUT2D eigenvalue weighted by molar-refractivity contribution is 6.16. The molecule has 0 radical (unpaired) electrons. The van der Waals surface area contributed by atoms with Gasteiger partial charge in [0, 0.05) is 14.2 Å². The van der Waals surface area contributed by atoms with Crippen LogP contribution in [0.25, 0.3) is 0 Å². The molecule has 1 fully saturated rings. The Balaban J connectivity index is 2.12. The zero-order valence-corrected chi connectivity index (χ0v) is 14.7. The Morgan fingerprint density at radius 2 is 1.42 bits per heavy atom. The topological polar surface area (TPSA) is 112 Å². The number of amides is 4. The molecule has 1 aliphatic rings. The molecule has 0 bridgehead atoms. The average Bonchev–Trinajstić information content (AvgIpc) is 2.60. The van der Waals surface area contributed by atoms with E-state index in [-0.39, 0.29) is 6.42 Å². The van der Waals surface area contributed by atoms with Crippen molar-refractivity contribution in [3.63, 3.8) is 0 Å². The van der Waals surface area contributed by atoms with Crippen molar-refractivity contribution in [2.45, 2.75) is 6.42 Å². The first kappa shape index (κ1) is 19.7. The van der Waals surface area contributed by atoms with Crippen LogP contribution in [0.4, 0.5) is 4.79 Å². The van der Waals surface area contributed by atoms with Crippen LogP contribution in [0.15, 0.2) is 18.2 Å². The van der Waals surface area contributed by atoms with Crippen LogP contribution in [-0.4, -0.2) is 58.5 Å². The minimum absolute atomic E-state index is 0.129. The van der Waals surface area contributed by atoms with Crippen LogP contribution in [0, 0.1) is 5.92 Å². The minimum atomic E-state index is -0.986. The van der Waals surface area contributed by atoms with Gasteiger partial charge in [0.25, 0.3) is 0 Å². The Morgan fingerprint density at radius 3 is 2.00 bits per heavy atom. The molecule has 1 aromatic rings. The molecule has 1 aromatic carbocycles. The number of barbiturate groups is 1. The van der Waals surface area contributed by atoms with Gasteiger partial charge in [-0.3, -0.25) is 20.2 Å². The minimum Gasteiger partial charge on any atom is -0.487 e. The summed E-state index contributed by atoms with van der Waals surface area (Å²) in [7, 11) is 3.14.